The van der Waals surface area contributed by atoms with Crippen molar-refractivity contribution in [3.05, 3.63) is 54.1 Å². The predicted octanol–water partition coefficient (Wildman–Crippen LogP) is 4.39. The lowest BCUT2D eigenvalue weighted by molar-refractivity contribution is -0.153. The third-order valence-electron chi connectivity index (χ3n) is 5.61. The minimum atomic E-state index is -0.581. The molecule has 2 aromatic carbocycles. The maximum Gasteiger partial charge on any atom is 0.328 e. The monoisotopic (exact) mass is 449 g/mol. The molecule has 0 radical (unpaired) electrons. The van der Waals surface area contributed by atoms with E-state index in [9.17, 15) is 9.59 Å². The SMILES string of the molecule is CCCCC(=O)N(Cc1ccc(-c2ccccc2-c2nn[nH]n2)cc1)C(CCC)C(=O)OC. The first-order valence-electron chi connectivity index (χ1n) is 11.4. The molecule has 0 spiro atoms. The summed E-state index contributed by atoms with van der Waals surface area (Å²) in [4.78, 5) is 27.1. The van der Waals surface area contributed by atoms with E-state index in [1.165, 1.54) is 7.11 Å². The Morgan fingerprint density at radius 2 is 1.76 bits per heavy atom. The number of rotatable bonds is 11. The summed E-state index contributed by atoms with van der Waals surface area (Å²) in [6.07, 6.45) is 3.49. The Morgan fingerprint density at radius 3 is 2.36 bits per heavy atom. The van der Waals surface area contributed by atoms with Crippen LogP contribution in [0.25, 0.3) is 22.5 Å². The molecule has 0 aliphatic heterocycles. The highest BCUT2D eigenvalue weighted by atomic mass is 16.5. The number of unbranched alkanes of at least 4 members (excludes halogenated alkanes) is 1. The zero-order chi connectivity index (χ0) is 23.6. The van der Waals surface area contributed by atoms with Gasteiger partial charge < -0.3 is 9.64 Å². The highest BCUT2D eigenvalue weighted by Gasteiger charge is 2.29. The van der Waals surface area contributed by atoms with Gasteiger partial charge in [0.05, 0.1) is 7.11 Å². The molecule has 0 aliphatic carbocycles. The van der Waals surface area contributed by atoms with Crippen LogP contribution in [-0.2, 0) is 20.9 Å². The number of hydrogen-bond acceptors (Lipinski definition) is 6. The van der Waals surface area contributed by atoms with E-state index >= 15 is 0 Å². The lowest BCUT2D eigenvalue weighted by Gasteiger charge is -2.30. The minimum absolute atomic E-state index is 0.0211. The molecule has 174 valence electrons. The topological polar surface area (TPSA) is 101 Å². The number of hydrogen-bond donors (Lipinski definition) is 1. The van der Waals surface area contributed by atoms with Crippen LogP contribution >= 0.6 is 0 Å². The number of nitrogens with zero attached hydrogens (tertiary/aromatic N) is 4. The molecule has 3 rings (SSSR count). The van der Waals surface area contributed by atoms with Gasteiger partial charge in [-0.05, 0) is 34.7 Å². The molecule has 0 saturated carbocycles. The van der Waals surface area contributed by atoms with Crippen LogP contribution in [-0.4, -0.2) is 50.6 Å². The van der Waals surface area contributed by atoms with Crippen LogP contribution in [0.1, 0.15) is 51.5 Å². The zero-order valence-electron chi connectivity index (χ0n) is 19.5. The summed E-state index contributed by atoms with van der Waals surface area (Å²) < 4.78 is 5.01. The number of carbonyl (C=O) groups excluding carboxylic acids is 2. The van der Waals surface area contributed by atoms with Crippen LogP contribution in [0.2, 0.25) is 0 Å². The largest absolute Gasteiger partial charge is 0.467 e. The third-order valence-corrected chi connectivity index (χ3v) is 5.61. The summed E-state index contributed by atoms with van der Waals surface area (Å²) in [6.45, 7) is 4.41. The molecule has 0 aliphatic rings. The number of benzene rings is 2. The molecule has 1 aromatic heterocycles. The summed E-state index contributed by atoms with van der Waals surface area (Å²) in [5.74, 6) is 0.141. The maximum absolute atomic E-state index is 13.0. The van der Waals surface area contributed by atoms with Gasteiger partial charge in [-0.3, -0.25) is 4.79 Å². The molecule has 0 saturated heterocycles. The lowest BCUT2D eigenvalue weighted by atomic mass is 9.98. The highest BCUT2D eigenvalue weighted by molar-refractivity contribution is 5.84. The average molecular weight is 450 g/mol. The molecule has 1 unspecified atom stereocenters. The van der Waals surface area contributed by atoms with Crippen molar-refractivity contribution in [2.45, 2.75) is 58.5 Å². The van der Waals surface area contributed by atoms with Crippen LogP contribution in [0.5, 0.6) is 0 Å². The first kappa shape index (κ1) is 24.1. The quantitative estimate of drug-likeness (QED) is 0.436. The third kappa shape index (κ3) is 6.03. The van der Waals surface area contributed by atoms with E-state index in [0.29, 0.717) is 25.2 Å². The first-order valence-corrected chi connectivity index (χ1v) is 11.4. The zero-order valence-corrected chi connectivity index (χ0v) is 19.5. The van der Waals surface area contributed by atoms with E-state index < -0.39 is 6.04 Å². The number of methoxy groups -OCH3 is 1. The second-order valence-corrected chi connectivity index (χ2v) is 7.93. The molecule has 33 heavy (non-hydrogen) atoms. The van der Waals surface area contributed by atoms with Crippen molar-refractivity contribution in [2.24, 2.45) is 0 Å². The number of ether oxygens (including phenoxy) is 1. The van der Waals surface area contributed by atoms with Gasteiger partial charge in [-0.1, -0.05) is 75.2 Å². The number of nitrogens with one attached hydrogen (secondary N) is 1. The number of aromatic nitrogens is 4. The van der Waals surface area contributed by atoms with Crippen molar-refractivity contribution < 1.29 is 14.3 Å². The van der Waals surface area contributed by atoms with Crippen molar-refractivity contribution in [3.63, 3.8) is 0 Å². The number of esters is 1. The van der Waals surface area contributed by atoms with Crippen molar-refractivity contribution in [3.8, 4) is 22.5 Å². The van der Waals surface area contributed by atoms with Gasteiger partial charge >= 0.3 is 5.97 Å². The van der Waals surface area contributed by atoms with Crippen molar-refractivity contribution >= 4 is 11.9 Å². The number of tetrazole rings is 1. The molecule has 8 heteroatoms. The fourth-order valence-corrected chi connectivity index (χ4v) is 3.85. The van der Waals surface area contributed by atoms with Crippen LogP contribution in [0.3, 0.4) is 0 Å². The second kappa shape index (κ2) is 11.9. The number of amides is 1. The Balaban J connectivity index is 1.86. The molecular formula is C25H31N5O3. The van der Waals surface area contributed by atoms with Gasteiger partial charge in [0, 0.05) is 18.5 Å². The predicted molar refractivity (Wildman–Crippen MR) is 126 cm³/mol. The normalized spacial score (nSPS) is 11.7. The molecule has 3 aromatic rings. The van der Waals surface area contributed by atoms with E-state index in [2.05, 4.69) is 20.6 Å². The Hall–Kier alpha value is -3.55. The molecule has 1 heterocycles. The van der Waals surface area contributed by atoms with Gasteiger partial charge in [-0.25, -0.2) is 4.79 Å². The maximum atomic E-state index is 13.0. The van der Waals surface area contributed by atoms with Gasteiger partial charge in [-0.2, -0.15) is 5.21 Å². The summed E-state index contributed by atoms with van der Waals surface area (Å²) in [6, 6.07) is 15.3. The van der Waals surface area contributed by atoms with Crippen molar-refractivity contribution in [1.82, 2.24) is 25.5 Å². The number of aromatic amines is 1. The van der Waals surface area contributed by atoms with Gasteiger partial charge in [0.1, 0.15) is 6.04 Å². The van der Waals surface area contributed by atoms with Gasteiger partial charge in [0.15, 0.2) is 0 Å². The fourth-order valence-electron chi connectivity index (χ4n) is 3.85. The molecule has 1 amide bonds. The molecule has 8 nitrogen and oxygen atoms in total. The van der Waals surface area contributed by atoms with Crippen LogP contribution < -0.4 is 0 Å². The smallest absolute Gasteiger partial charge is 0.328 e. The van der Waals surface area contributed by atoms with Gasteiger partial charge in [-0.15, -0.1) is 10.2 Å². The molecule has 0 fully saturated rings. The summed E-state index contributed by atoms with van der Waals surface area (Å²) in [5.41, 5.74) is 3.82. The molecular weight excluding hydrogens is 418 g/mol. The van der Waals surface area contributed by atoms with Crippen molar-refractivity contribution in [1.29, 1.82) is 0 Å². The number of H-pyrrole nitrogens is 1. The van der Waals surface area contributed by atoms with E-state index in [0.717, 1.165) is 41.5 Å². The summed E-state index contributed by atoms with van der Waals surface area (Å²) in [7, 11) is 1.37. The Labute approximate surface area is 194 Å². The van der Waals surface area contributed by atoms with Crippen LogP contribution in [0.4, 0.5) is 0 Å². The Morgan fingerprint density at radius 1 is 1.03 bits per heavy atom. The highest BCUT2D eigenvalue weighted by Crippen LogP contribution is 2.30. The number of carbonyl (C=O) groups is 2. The van der Waals surface area contributed by atoms with E-state index in [1.54, 1.807) is 4.90 Å². The average Bonchev–Trinajstić information content (AvgIpc) is 3.39. The second-order valence-electron chi connectivity index (χ2n) is 7.93. The fraction of sp³-hybridized carbons (Fsp3) is 0.400. The van der Waals surface area contributed by atoms with E-state index in [-0.39, 0.29) is 11.9 Å². The first-order chi connectivity index (χ1) is 16.1. The standard InChI is InChI=1S/C25H31N5O3/c1-4-6-12-23(31)30(22(9-5-2)25(32)33-3)17-18-13-15-19(16-14-18)20-10-7-8-11-21(20)24-26-28-29-27-24/h7-8,10-11,13-16,22H,4-6,9,12,17H2,1-3H3,(H,26,27,28,29). The van der Waals surface area contributed by atoms with E-state index in [4.69, 9.17) is 4.74 Å². The summed E-state index contributed by atoms with van der Waals surface area (Å²) in [5, 5.41) is 14.4. The van der Waals surface area contributed by atoms with Gasteiger partial charge in [0.25, 0.3) is 0 Å². The van der Waals surface area contributed by atoms with Crippen LogP contribution in [0.15, 0.2) is 48.5 Å². The molecule has 1 N–H and O–H groups in total. The van der Waals surface area contributed by atoms with Crippen molar-refractivity contribution in [2.75, 3.05) is 7.11 Å². The Bertz CT molecular complexity index is 1030. The van der Waals surface area contributed by atoms with Crippen LogP contribution in [0, 0.1) is 0 Å². The van der Waals surface area contributed by atoms with E-state index in [1.807, 2.05) is 62.4 Å². The summed E-state index contributed by atoms with van der Waals surface area (Å²) >= 11 is 0. The molecule has 0 bridgehead atoms. The minimum Gasteiger partial charge on any atom is -0.467 e. The van der Waals surface area contributed by atoms with Gasteiger partial charge in [0.2, 0.25) is 11.7 Å². The lowest BCUT2D eigenvalue weighted by Crippen LogP contribution is -2.45. The Kier molecular flexibility index (Phi) is 8.69. The molecule has 1 atom stereocenters.